The summed E-state index contributed by atoms with van der Waals surface area (Å²) in [6.45, 7) is 4.35. The number of aliphatic hydroxyl groups is 1. The lowest BCUT2D eigenvalue weighted by Crippen LogP contribution is -2.34. The Morgan fingerprint density at radius 2 is 1.70 bits per heavy atom. The molecule has 1 aromatic carbocycles. The van der Waals surface area contributed by atoms with Gasteiger partial charge in [-0.2, -0.15) is 5.10 Å². The van der Waals surface area contributed by atoms with E-state index in [0.29, 0.717) is 12.8 Å². The van der Waals surface area contributed by atoms with Gasteiger partial charge in [-0.15, -0.1) is 0 Å². The summed E-state index contributed by atoms with van der Waals surface area (Å²) in [4.78, 5) is 11.7. The van der Waals surface area contributed by atoms with E-state index in [9.17, 15) is 4.79 Å². The second-order valence-electron chi connectivity index (χ2n) is 5.79. The van der Waals surface area contributed by atoms with E-state index in [4.69, 9.17) is 5.11 Å². The summed E-state index contributed by atoms with van der Waals surface area (Å²) in [5.74, 6) is -0.0296. The topological polar surface area (TPSA) is 57.8 Å². The van der Waals surface area contributed by atoms with Gasteiger partial charge in [0.2, 0.25) is 5.91 Å². The largest absolute Gasteiger partial charge is 0.394 e. The fraction of sp³-hybridized carbons (Fsp3) is 0.333. The number of hydrogen-bond donors (Lipinski definition) is 1. The number of nitrogens with zero attached hydrogens (tertiary/aromatic N) is 3. The van der Waals surface area contributed by atoms with Crippen molar-refractivity contribution < 1.29 is 9.90 Å². The number of aliphatic hydroxyl groups excluding tert-OH is 1. The number of aromatic nitrogens is 1. The highest BCUT2D eigenvalue weighted by atomic mass is 16.3. The molecule has 1 aliphatic heterocycles. The molecule has 0 saturated carbocycles. The van der Waals surface area contributed by atoms with Crippen LogP contribution in [-0.4, -0.2) is 39.5 Å². The Kier molecular flexibility index (Phi) is 4.30. The Bertz CT molecular complexity index is 725. The minimum Gasteiger partial charge on any atom is -0.394 e. The van der Waals surface area contributed by atoms with Crippen molar-refractivity contribution in [1.82, 2.24) is 9.58 Å². The molecule has 5 nitrogen and oxygen atoms in total. The van der Waals surface area contributed by atoms with E-state index in [2.05, 4.69) is 47.8 Å². The van der Waals surface area contributed by atoms with Crippen molar-refractivity contribution in [2.45, 2.75) is 26.7 Å². The number of aryl methyl sites for hydroxylation is 2. The van der Waals surface area contributed by atoms with Gasteiger partial charge in [0.1, 0.15) is 0 Å². The first-order valence-electron chi connectivity index (χ1n) is 7.84. The first-order chi connectivity index (χ1) is 11.1. The van der Waals surface area contributed by atoms with Crippen LogP contribution in [-0.2, 0) is 4.79 Å². The molecule has 120 valence electrons. The summed E-state index contributed by atoms with van der Waals surface area (Å²) in [6, 6.07) is 12.4. The lowest BCUT2D eigenvalue weighted by Gasteiger charge is -2.23. The monoisotopic (exact) mass is 311 g/mol. The SMILES string of the molecule is Cc1ccc(C)n1-c1ccc(C2=NN(CCO)C(=O)CC2)cc1. The molecule has 3 rings (SSSR count). The van der Waals surface area contributed by atoms with E-state index in [1.54, 1.807) is 0 Å². The van der Waals surface area contributed by atoms with E-state index >= 15 is 0 Å². The van der Waals surface area contributed by atoms with E-state index in [-0.39, 0.29) is 19.1 Å². The second kappa shape index (κ2) is 6.38. The molecule has 0 saturated heterocycles. The summed E-state index contributed by atoms with van der Waals surface area (Å²) >= 11 is 0. The molecule has 2 aromatic rings. The predicted molar refractivity (Wildman–Crippen MR) is 89.8 cm³/mol. The van der Waals surface area contributed by atoms with E-state index in [1.165, 1.54) is 16.4 Å². The maximum Gasteiger partial charge on any atom is 0.243 e. The molecule has 1 aromatic heterocycles. The quantitative estimate of drug-likeness (QED) is 0.942. The number of carbonyl (C=O) groups is 1. The van der Waals surface area contributed by atoms with Crippen LogP contribution in [0.3, 0.4) is 0 Å². The van der Waals surface area contributed by atoms with Crippen LogP contribution in [0.1, 0.15) is 29.8 Å². The minimum atomic E-state index is -0.0758. The molecule has 5 heteroatoms. The Hall–Kier alpha value is -2.40. The molecular formula is C18H21N3O2. The van der Waals surface area contributed by atoms with Crippen LogP contribution in [0, 0.1) is 13.8 Å². The molecule has 1 aliphatic rings. The highest BCUT2D eigenvalue weighted by Gasteiger charge is 2.20. The molecule has 0 unspecified atom stereocenters. The molecule has 1 amide bonds. The smallest absolute Gasteiger partial charge is 0.243 e. The van der Waals surface area contributed by atoms with Crippen LogP contribution in [0.5, 0.6) is 0 Å². The predicted octanol–water partition coefficient (Wildman–Crippen LogP) is 2.41. The van der Waals surface area contributed by atoms with Crippen molar-refractivity contribution in [2.75, 3.05) is 13.2 Å². The molecule has 0 aliphatic carbocycles. The zero-order valence-electron chi connectivity index (χ0n) is 13.5. The first kappa shape index (κ1) is 15.5. The normalized spacial score (nSPS) is 15.0. The van der Waals surface area contributed by atoms with E-state index in [1.807, 2.05) is 12.1 Å². The maximum absolute atomic E-state index is 11.7. The summed E-state index contributed by atoms with van der Waals surface area (Å²) in [7, 11) is 0. The molecule has 0 spiro atoms. The van der Waals surface area contributed by atoms with Crippen LogP contribution in [0.25, 0.3) is 5.69 Å². The second-order valence-corrected chi connectivity index (χ2v) is 5.79. The van der Waals surface area contributed by atoms with Gasteiger partial charge in [-0.1, -0.05) is 12.1 Å². The Labute approximate surface area is 135 Å². The summed E-state index contributed by atoms with van der Waals surface area (Å²) < 4.78 is 2.20. The third kappa shape index (κ3) is 3.05. The van der Waals surface area contributed by atoms with Crippen molar-refractivity contribution >= 4 is 11.6 Å². The maximum atomic E-state index is 11.7. The van der Waals surface area contributed by atoms with Gasteiger partial charge in [0, 0.05) is 29.9 Å². The zero-order valence-corrected chi connectivity index (χ0v) is 13.5. The molecule has 0 fully saturated rings. The summed E-state index contributed by atoms with van der Waals surface area (Å²) in [6.07, 6.45) is 1.08. The van der Waals surface area contributed by atoms with E-state index < -0.39 is 0 Å². The van der Waals surface area contributed by atoms with Crippen molar-refractivity contribution in [3.05, 3.63) is 53.3 Å². The Morgan fingerprint density at radius 3 is 2.30 bits per heavy atom. The number of benzene rings is 1. The number of hydrogen-bond acceptors (Lipinski definition) is 3. The molecule has 23 heavy (non-hydrogen) atoms. The van der Waals surface area contributed by atoms with Gasteiger partial charge < -0.3 is 9.67 Å². The van der Waals surface area contributed by atoms with Gasteiger partial charge in [0.25, 0.3) is 0 Å². The average Bonchev–Trinajstić information content (AvgIpc) is 2.89. The van der Waals surface area contributed by atoms with Gasteiger partial charge in [0.05, 0.1) is 18.9 Å². The Balaban J connectivity index is 1.88. The number of β-amino-alcohol motifs (C(OH)–C–C–N with tert-alkyl or cyclic N) is 1. The van der Waals surface area contributed by atoms with Crippen LogP contribution in [0.2, 0.25) is 0 Å². The van der Waals surface area contributed by atoms with Gasteiger partial charge in [-0.25, -0.2) is 5.01 Å². The molecule has 0 atom stereocenters. The lowest BCUT2D eigenvalue weighted by atomic mass is 10.0. The molecular weight excluding hydrogens is 290 g/mol. The first-order valence-corrected chi connectivity index (χ1v) is 7.84. The number of hydrazone groups is 1. The van der Waals surface area contributed by atoms with Crippen molar-refractivity contribution in [2.24, 2.45) is 5.10 Å². The third-order valence-corrected chi connectivity index (χ3v) is 4.15. The highest BCUT2D eigenvalue weighted by Crippen LogP contribution is 2.19. The Morgan fingerprint density at radius 1 is 1.04 bits per heavy atom. The summed E-state index contributed by atoms with van der Waals surface area (Å²) in [5, 5.41) is 14.8. The van der Waals surface area contributed by atoms with Gasteiger partial charge in [-0.05, 0) is 43.7 Å². The van der Waals surface area contributed by atoms with Crippen molar-refractivity contribution in [1.29, 1.82) is 0 Å². The number of rotatable bonds is 4. The zero-order chi connectivity index (χ0) is 16.4. The fourth-order valence-electron chi connectivity index (χ4n) is 2.96. The van der Waals surface area contributed by atoms with Crippen molar-refractivity contribution in [3.8, 4) is 5.69 Å². The van der Waals surface area contributed by atoms with Crippen molar-refractivity contribution in [3.63, 3.8) is 0 Å². The van der Waals surface area contributed by atoms with Crippen LogP contribution >= 0.6 is 0 Å². The van der Waals surface area contributed by atoms with E-state index in [0.717, 1.165) is 17.0 Å². The standard InChI is InChI=1S/C18H21N3O2/c1-13-3-4-14(2)21(13)16-7-5-15(6-8-16)17-9-10-18(23)20(19-17)11-12-22/h3-8,22H,9-12H2,1-2H3. The number of amides is 1. The highest BCUT2D eigenvalue weighted by molar-refractivity contribution is 6.04. The molecule has 0 bridgehead atoms. The third-order valence-electron chi connectivity index (χ3n) is 4.15. The number of carbonyl (C=O) groups excluding carboxylic acids is 1. The minimum absolute atomic E-state index is 0.0296. The van der Waals surface area contributed by atoms with Gasteiger partial charge in [-0.3, -0.25) is 4.79 Å². The van der Waals surface area contributed by atoms with Gasteiger partial charge >= 0.3 is 0 Å². The lowest BCUT2D eigenvalue weighted by molar-refractivity contribution is -0.132. The summed E-state index contributed by atoms with van der Waals surface area (Å²) in [5.41, 5.74) is 5.43. The van der Waals surface area contributed by atoms with Crippen LogP contribution in [0.4, 0.5) is 0 Å². The molecule has 1 N–H and O–H groups in total. The molecule has 2 heterocycles. The van der Waals surface area contributed by atoms with Crippen LogP contribution < -0.4 is 0 Å². The van der Waals surface area contributed by atoms with Gasteiger partial charge in [0.15, 0.2) is 0 Å². The molecule has 0 radical (unpaired) electrons. The average molecular weight is 311 g/mol. The van der Waals surface area contributed by atoms with Crippen LogP contribution in [0.15, 0.2) is 41.5 Å². The fourth-order valence-corrected chi connectivity index (χ4v) is 2.96.